The van der Waals surface area contributed by atoms with Crippen LogP contribution < -0.4 is 5.32 Å². The van der Waals surface area contributed by atoms with E-state index in [-0.39, 0.29) is 30.5 Å². The first-order chi connectivity index (χ1) is 12.7. The Bertz CT molecular complexity index is 599. The van der Waals surface area contributed by atoms with E-state index in [1.54, 1.807) is 0 Å². The third-order valence-corrected chi connectivity index (χ3v) is 5.78. The van der Waals surface area contributed by atoms with Crippen molar-refractivity contribution in [2.75, 3.05) is 20.2 Å². The van der Waals surface area contributed by atoms with Gasteiger partial charge in [0, 0.05) is 0 Å². The number of carbonyl (C=O) groups excluding carboxylic acids is 2. The van der Waals surface area contributed by atoms with Crippen LogP contribution in [0.3, 0.4) is 0 Å². The molecule has 5 nitrogen and oxygen atoms in total. The van der Waals surface area contributed by atoms with Crippen molar-refractivity contribution in [1.29, 1.82) is 0 Å². The molecule has 1 saturated carbocycles. The Morgan fingerprint density at radius 1 is 1.12 bits per heavy atom. The first-order valence-corrected chi connectivity index (χ1v) is 9.85. The summed E-state index contributed by atoms with van der Waals surface area (Å²) in [7, 11) is 1.42. The second-order valence-corrected chi connectivity index (χ2v) is 7.51. The SMILES string of the molecule is COC(=O)C1CCCCN1CC(=O)NC(c1ccccc1)C1CCCC1. The number of likely N-dealkylation sites (tertiary alicyclic amines) is 1. The van der Waals surface area contributed by atoms with Gasteiger partial charge in [-0.25, -0.2) is 0 Å². The predicted molar refractivity (Wildman–Crippen MR) is 101 cm³/mol. The zero-order valence-corrected chi connectivity index (χ0v) is 15.7. The fourth-order valence-corrected chi connectivity index (χ4v) is 4.41. The molecule has 2 atom stereocenters. The van der Waals surface area contributed by atoms with Gasteiger partial charge in [-0.2, -0.15) is 0 Å². The van der Waals surface area contributed by atoms with Crippen molar-refractivity contribution in [2.24, 2.45) is 5.92 Å². The van der Waals surface area contributed by atoms with E-state index < -0.39 is 0 Å². The van der Waals surface area contributed by atoms with Crippen LogP contribution in [0.5, 0.6) is 0 Å². The van der Waals surface area contributed by atoms with Crippen LogP contribution in [0.15, 0.2) is 30.3 Å². The quantitative estimate of drug-likeness (QED) is 0.794. The molecule has 1 heterocycles. The molecular weight excluding hydrogens is 328 g/mol. The number of esters is 1. The number of carbonyl (C=O) groups is 2. The highest BCUT2D eigenvalue weighted by Gasteiger charge is 2.32. The van der Waals surface area contributed by atoms with Gasteiger partial charge in [-0.3, -0.25) is 14.5 Å². The zero-order chi connectivity index (χ0) is 18.4. The minimum atomic E-state index is -0.291. The summed E-state index contributed by atoms with van der Waals surface area (Å²) in [6, 6.07) is 10.0. The average molecular weight is 358 g/mol. The largest absolute Gasteiger partial charge is 0.468 e. The fourth-order valence-electron chi connectivity index (χ4n) is 4.41. The maximum Gasteiger partial charge on any atom is 0.323 e. The summed E-state index contributed by atoms with van der Waals surface area (Å²) in [6.45, 7) is 1.03. The van der Waals surface area contributed by atoms with Crippen molar-refractivity contribution < 1.29 is 14.3 Å². The van der Waals surface area contributed by atoms with Gasteiger partial charge >= 0.3 is 5.97 Å². The van der Waals surface area contributed by atoms with Crippen LogP contribution in [0.2, 0.25) is 0 Å². The van der Waals surface area contributed by atoms with Gasteiger partial charge in [-0.15, -0.1) is 0 Å². The van der Waals surface area contributed by atoms with Gasteiger partial charge in [0.05, 0.1) is 19.7 Å². The molecule has 2 fully saturated rings. The Kier molecular flexibility index (Phi) is 6.67. The lowest BCUT2D eigenvalue weighted by molar-refractivity contribution is -0.148. The normalized spacial score (nSPS) is 22.7. The minimum absolute atomic E-state index is 0.00144. The second kappa shape index (κ2) is 9.17. The van der Waals surface area contributed by atoms with E-state index in [9.17, 15) is 9.59 Å². The van der Waals surface area contributed by atoms with Gasteiger partial charge in [0.2, 0.25) is 5.91 Å². The summed E-state index contributed by atoms with van der Waals surface area (Å²) in [5.41, 5.74) is 1.18. The molecule has 5 heteroatoms. The Hall–Kier alpha value is -1.88. The average Bonchev–Trinajstić information content (AvgIpc) is 3.21. The topological polar surface area (TPSA) is 58.6 Å². The van der Waals surface area contributed by atoms with E-state index in [2.05, 4.69) is 17.4 Å². The van der Waals surface area contributed by atoms with Crippen LogP contribution in [-0.4, -0.2) is 43.0 Å². The summed E-state index contributed by atoms with van der Waals surface area (Å²) in [5, 5.41) is 3.27. The summed E-state index contributed by atoms with van der Waals surface area (Å²) < 4.78 is 4.92. The van der Waals surface area contributed by atoms with Gasteiger partial charge in [0.25, 0.3) is 0 Å². The highest BCUT2D eigenvalue weighted by Crippen LogP contribution is 2.35. The molecule has 1 amide bonds. The number of piperidine rings is 1. The number of benzene rings is 1. The van der Waals surface area contributed by atoms with Gasteiger partial charge in [-0.1, -0.05) is 49.6 Å². The van der Waals surface area contributed by atoms with E-state index in [0.717, 1.165) is 38.6 Å². The summed E-state index contributed by atoms with van der Waals surface area (Å²) in [5.74, 6) is 0.272. The van der Waals surface area contributed by atoms with Gasteiger partial charge < -0.3 is 10.1 Å². The Balaban J connectivity index is 1.66. The molecule has 2 unspecified atom stereocenters. The summed E-state index contributed by atoms with van der Waals surface area (Å²) in [6.07, 6.45) is 7.59. The van der Waals surface area contributed by atoms with Crippen molar-refractivity contribution in [3.8, 4) is 0 Å². The van der Waals surface area contributed by atoms with Crippen LogP contribution in [0.1, 0.15) is 56.6 Å². The molecule has 142 valence electrons. The minimum Gasteiger partial charge on any atom is -0.468 e. The number of rotatable bonds is 6. The van der Waals surface area contributed by atoms with Crippen molar-refractivity contribution in [3.05, 3.63) is 35.9 Å². The number of methoxy groups -OCH3 is 1. The van der Waals surface area contributed by atoms with Gasteiger partial charge in [-0.05, 0) is 43.7 Å². The van der Waals surface area contributed by atoms with E-state index in [0.29, 0.717) is 5.92 Å². The molecule has 1 saturated heterocycles. The molecule has 0 aromatic heterocycles. The first kappa shape index (κ1) is 18.9. The highest BCUT2D eigenvalue weighted by atomic mass is 16.5. The van der Waals surface area contributed by atoms with Crippen LogP contribution in [0, 0.1) is 5.92 Å². The summed E-state index contributed by atoms with van der Waals surface area (Å²) in [4.78, 5) is 26.8. The molecule has 3 rings (SSSR count). The van der Waals surface area contributed by atoms with E-state index in [4.69, 9.17) is 4.74 Å². The lowest BCUT2D eigenvalue weighted by Crippen LogP contribution is -2.50. The lowest BCUT2D eigenvalue weighted by atomic mass is 9.91. The third-order valence-electron chi connectivity index (χ3n) is 5.78. The number of hydrogen-bond donors (Lipinski definition) is 1. The molecule has 2 aliphatic rings. The van der Waals surface area contributed by atoms with Crippen LogP contribution in [0.25, 0.3) is 0 Å². The molecule has 1 aliphatic carbocycles. The first-order valence-electron chi connectivity index (χ1n) is 9.85. The number of amides is 1. The fraction of sp³-hybridized carbons (Fsp3) is 0.619. The number of nitrogens with one attached hydrogen (secondary N) is 1. The van der Waals surface area contributed by atoms with E-state index in [1.165, 1.54) is 25.5 Å². The lowest BCUT2D eigenvalue weighted by Gasteiger charge is -2.34. The zero-order valence-electron chi connectivity index (χ0n) is 15.7. The molecule has 0 spiro atoms. The maximum absolute atomic E-state index is 12.8. The second-order valence-electron chi connectivity index (χ2n) is 7.51. The van der Waals surface area contributed by atoms with E-state index in [1.807, 2.05) is 23.1 Å². The van der Waals surface area contributed by atoms with Crippen molar-refractivity contribution in [3.63, 3.8) is 0 Å². The molecule has 1 aromatic carbocycles. The Labute approximate surface area is 156 Å². The molecule has 26 heavy (non-hydrogen) atoms. The van der Waals surface area contributed by atoms with Crippen LogP contribution >= 0.6 is 0 Å². The predicted octanol–water partition coefficient (Wildman–Crippen LogP) is 3.06. The van der Waals surface area contributed by atoms with Crippen molar-refractivity contribution >= 4 is 11.9 Å². The smallest absolute Gasteiger partial charge is 0.323 e. The standard InChI is InChI=1S/C21H30N2O3/c1-26-21(25)18-13-7-8-14-23(18)15-19(24)22-20(17-11-5-6-12-17)16-9-3-2-4-10-16/h2-4,9-10,17-18,20H,5-8,11-15H2,1H3,(H,22,24). The maximum atomic E-state index is 12.8. The molecule has 0 bridgehead atoms. The Morgan fingerprint density at radius 3 is 2.50 bits per heavy atom. The number of ether oxygens (including phenoxy) is 1. The van der Waals surface area contributed by atoms with E-state index >= 15 is 0 Å². The summed E-state index contributed by atoms with van der Waals surface area (Å²) >= 11 is 0. The molecule has 1 aromatic rings. The molecule has 1 N–H and O–H groups in total. The Morgan fingerprint density at radius 2 is 1.81 bits per heavy atom. The monoisotopic (exact) mass is 358 g/mol. The number of hydrogen-bond acceptors (Lipinski definition) is 4. The van der Waals surface area contributed by atoms with Gasteiger partial charge in [0.1, 0.15) is 6.04 Å². The molecule has 1 aliphatic heterocycles. The molecular formula is C21H30N2O3. The highest BCUT2D eigenvalue weighted by molar-refractivity contribution is 5.81. The van der Waals surface area contributed by atoms with Crippen molar-refractivity contribution in [1.82, 2.24) is 10.2 Å². The third kappa shape index (κ3) is 4.64. The van der Waals surface area contributed by atoms with Crippen LogP contribution in [-0.2, 0) is 14.3 Å². The molecule has 0 radical (unpaired) electrons. The van der Waals surface area contributed by atoms with Crippen LogP contribution in [0.4, 0.5) is 0 Å². The van der Waals surface area contributed by atoms with Crippen molar-refractivity contribution in [2.45, 2.75) is 57.0 Å². The van der Waals surface area contributed by atoms with Gasteiger partial charge in [0.15, 0.2) is 0 Å². The number of nitrogens with zero attached hydrogens (tertiary/aromatic N) is 1.